The van der Waals surface area contributed by atoms with Crippen molar-refractivity contribution in [3.8, 4) is 5.75 Å². The molecular formula is C17H26N2O2. The third-order valence-corrected chi connectivity index (χ3v) is 4.37. The molecule has 1 fully saturated rings. The van der Waals surface area contributed by atoms with Gasteiger partial charge < -0.3 is 15.3 Å². The van der Waals surface area contributed by atoms with Gasteiger partial charge in [0.1, 0.15) is 5.75 Å². The standard InChI is InChI=1S/C17H26N2O2/c1-4-9-17(10-6-11-18-17)16(21)19(5-2)15-12-14(20)8-7-13(15)3/h7-8,12,18,20H,4-6,9-11H2,1-3H3. The van der Waals surface area contributed by atoms with Crippen molar-refractivity contribution in [2.75, 3.05) is 18.0 Å². The number of hydrogen-bond donors (Lipinski definition) is 2. The molecule has 0 aromatic heterocycles. The molecule has 0 spiro atoms. The molecule has 0 bridgehead atoms. The van der Waals surface area contributed by atoms with Crippen LogP contribution in [0.5, 0.6) is 5.75 Å². The fraction of sp³-hybridized carbons (Fsp3) is 0.588. The van der Waals surface area contributed by atoms with Crippen molar-refractivity contribution in [3.63, 3.8) is 0 Å². The predicted molar refractivity (Wildman–Crippen MR) is 85.7 cm³/mol. The minimum absolute atomic E-state index is 0.137. The highest BCUT2D eigenvalue weighted by Crippen LogP contribution is 2.32. The molecule has 0 aliphatic carbocycles. The van der Waals surface area contributed by atoms with Gasteiger partial charge in [-0.05, 0) is 51.3 Å². The summed E-state index contributed by atoms with van der Waals surface area (Å²) in [6.07, 6.45) is 3.78. The molecule has 1 aromatic rings. The normalized spacial score (nSPS) is 21.5. The number of nitrogens with one attached hydrogen (secondary N) is 1. The number of carbonyl (C=O) groups excluding carboxylic acids is 1. The molecule has 2 rings (SSSR count). The first-order valence-corrected chi connectivity index (χ1v) is 7.90. The minimum atomic E-state index is -0.428. The number of nitrogens with zero attached hydrogens (tertiary/aromatic N) is 1. The Balaban J connectivity index is 2.35. The predicted octanol–water partition coefficient (Wildman–Crippen LogP) is 2.98. The smallest absolute Gasteiger partial charge is 0.247 e. The molecule has 1 saturated heterocycles. The van der Waals surface area contributed by atoms with Crippen molar-refractivity contribution in [2.45, 2.75) is 52.0 Å². The Bertz CT molecular complexity index is 508. The molecule has 0 saturated carbocycles. The largest absolute Gasteiger partial charge is 0.508 e. The van der Waals surface area contributed by atoms with Gasteiger partial charge in [-0.25, -0.2) is 0 Å². The highest BCUT2D eigenvalue weighted by atomic mass is 16.3. The van der Waals surface area contributed by atoms with Crippen LogP contribution in [0.3, 0.4) is 0 Å². The molecular weight excluding hydrogens is 264 g/mol. The first-order chi connectivity index (χ1) is 10.0. The van der Waals surface area contributed by atoms with Crippen molar-refractivity contribution in [2.24, 2.45) is 0 Å². The lowest BCUT2D eigenvalue weighted by molar-refractivity contribution is -0.124. The number of likely N-dealkylation sites (N-methyl/N-ethyl adjacent to an activating group) is 1. The highest BCUT2D eigenvalue weighted by molar-refractivity contribution is 6.01. The number of phenolic OH excluding ortho intramolecular Hbond substituents is 1. The lowest BCUT2D eigenvalue weighted by Gasteiger charge is -2.35. The van der Waals surface area contributed by atoms with E-state index in [-0.39, 0.29) is 11.7 Å². The van der Waals surface area contributed by atoms with Crippen LogP contribution < -0.4 is 10.2 Å². The van der Waals surface area contributed by atoms with Crippen molar-refractivity contribution < 1.29 is 9.90 Å². The average Bonchev–Trinajstić information content (AvgIpc) is 2.93. The van der Waals surface area contributed by atoms with E-state index >= 15 is 0 Å². The number of amides is 1. The van der Waals surface area contributed by atoms with Crippen LogP contribution in [0.15, 0.2) is 18.2 Å². The second-order valence-corrected chi connectivity index (χ2v) is 5.88. The Morgan fingerprint density at radius 3 is 2.76 bits per heavy atom. The van der Waals surface area contributed by atoms with E-state index < -0.39 is 5.54 Å². The Kier molecular flexibility index (Phi) is 4.88. The van der Waals surface area contributed by atoms with Crippen LogP contribution >= 0.6 is 0 Å². The van der Waals surface area contributed by atoms with Gasteiger partial charge in [-0.15, -0.1) is 0 Å². The number of anilines is 1. The van der Waals surface area contributed by atoms with Gasteiger partial charge in [-0.2, -0.15) is 0 Å². The van der Waals surface area contributed by atoms with E-state index in [2.05, 4.69) is 12.2 Å². The van der Waals surface area contributed by atoms with Gasteiger partial charge in [-0.3, -0.25) is 4.79 Å². The van der Waals surface area contributed by atoms with Crippen LogP contribution in [0.2, 0.25) is 0 Å². The summed E-state index contributed by atoms with van der Waals surface area (Å²) in [5.74, 6) is 0.337. The number of carbonyl (C=O) groups is 1. The molecule has 4 heteroatoms. The van der Waals surface area contributed by atoms with Gasteiger partial charge in [0.15, 0.2) is 0 Å². The third kappa shape index (κ3) is 3.05. The van der Waals surface area contributed by atoms with Crippen LogP contribution in [0, 0.1) is 6.92 Å². The maximum Gasteiger partial charge on any atom is 0.247 e. The van der Waals surface area contributed by atoms with E-state index in [1.807, 2.05) is 24.8 Å². The summed E-state index contributed by atoms with van der Waals surface area (Å²) in [4.78, 5) is 14.9. The van der Waals surface area contributed by atoms with Crippen LogP contribution in [0.25, 0.3) is 0 Å². The molecule has 1 aliphatic heterocycles. The third-order valence-electron chi connectivity index (χ3n) is 4.37. The number of phenols is 1. The zero-order chi connectivity index (χ0) is 15.5. The number of hydrogen-bond acceptors (Lipinski definition) is 3. The van der Waals surface area contributed by atoms with E-state index in [9.17, 15) is 9.90 Å². The summed E-state index contributed by atoms with van der Waals surface area (Å²) < 4.78 is 0. The first kappa shape index (κ1) is 15.8. The van der Waals surface area contributed by atoms with Crippen LogP contribution in [0.1, 0.15) is 45.1 Å². The van der Waals surface area contributed by atoms with Gasteiger partial charge in [0.2, 0.25) is 5.91 Å². The second kappa shape index (κ2) is 6.48. The first-order valence-electron chi connectivity index (χ1n) is 7.90. The molecule has 0 radical (unpaired) electrons. The van der Waals surface area contributed by atoms with Gasteiger partial charge in [0, 0.05) is 12.6 Å². The van der Waals surface area contributed by atoms with E-state index in [4.69, 9.17) is 0 Å². The molecule has 1 aromatic carbocycles. The van der Waals surface area contributed by atoms with E-state index in [1.165, 1.54) is 0 Å². The fourth-order valence-electron chi connectivity index (χ4n) is 3.31. The van der Waals surface area contributed by atoms with Gasteiger partial charge >= 0.3 is 0 Å². The minimum Gasteiger partial charge on any atom is -0.508 e. The van der Waals surface area contributed by atoms with Gasteiger partial charge in [0.25, 0.3) is 0 Å². The van der Waals surface area contributed by atoms with Crippen LogP contribution in [-0.4, -0.2) is 29.6 Å². The summed E-state index contributed by atoms with van der Waals surface area (Å²) >= 11 is 0. The molecule has 1 aliphatic rings. The summed E-state index contributed by atoms with van der Waals surface area (Å²) in [5.41, 5.74) is 1.39. The summed E-state index contributed by atoms with van der Waals surface area (Å²) in [6, 6.07) is 5.20. The maximum absolute atomic E-state index is 13.1. The lowest BCUT2D eigenvalue weighted by Crippen LogP contribution is -2.55. The summed E-state index contributed by atoms with van der Waals surface area (Å²) in [5, 5.41) is 13.2. The van der Waals surface area contributed by atoms with Crippen LogP contribution in [-0.2, 0) is 4.79 Å². The van der Waals surface area contributed by atoms with E-state index in [0.717, 1.165) is 43.5 Å². The summed E-state index contributed by atoms with van der Waals surface area (Å²) in [7, 11) is 0. The van der Waals surface area contributed by atoms with Crippen molar-refractivity contribution in [1.29, 1.82) is 0 Å². The molecule has 21 heavy (non-hydrogen) atoms. The van der Waals surface area contributed by atoms with Gasteiger partial charge in [-0.1, -0.05) is 19.4 Å². The van der Waals surface area contributed by atoms with Crippen molar-refractivity contribution in [1.82, 2.24) is 5.32 Å². The zero-order valence-electron chi connectivity index (χ0n) is 13.3. The van der Waals surface area contributed by atoms with Crippen molar-refractivity contribution >= 4 is 11.6 Å². The zero-order valence-corrected chi connectivity index (χ0v) is 13.3. The number of benzene rings is 1. The Hall–Kier alpha value is -1.55. The number of aromatic hydroxyl groups is 1. The quantitative estimate of drug-likeness (QED) is 0.876. The SMILES string of the molecule is CCCC1(C(=O)N(CC)c2cc(O)ccc2C)CCCN1. The Morgan fingerprint density at radius 2 is 2.19 bits per heavy atom. The topological polar surface area (TPSA) is 52.6 Å². The van der Waals surface area contributed by atoms with Crippen LogP contribution in [0.4, 0.5) is 5.69 Å². The molecule has 116 valence electrons. The second-order valence-electron chi connectivity index (χ2n) is 5.88. The molecule has 1 unspecified atom stereocenters. The molecule has 2 N–H and O–H groups in total. The Morgan fingerprint density at radius 1 is 1.43 bits per heavy atom. The van der Waals surface area contributed by atoms with Gasteiger partial charge in [0.05, 0.1) is 11.2 Å². The van der Waals surface area contributed by atoms with E-state index in [1.54, 1.807) is 12.1 Å². The molecule has 1 amide bonds. The Labute approximate surface area is 127 Å². The molecule has 4 nitrogen and oxygen atoms in total. The summed E-state index contributed by atoms with van der Waals surface area (Å²) in [6.45, 7) is 7.58. The molecule has 1 atom stereocenters. The lowest BCUT2D eigenvalue weighted by atomic mass is 9.89. The fourth-order valence-corrected chi connectivity index (χ4v) is 3.31. The van der Waals surface area contributed by atoms with Crippen molar-refractivity contribution in [3.05, 3.63) is 23.8 Å². The average molecular weight is 290 g/mol. The molecule has 1 heterocycles. The highest BCUT2D eigenvalue weighted by Gasteiger charge is 2.42. The maximum atomic E-state index is 13.1. The number of aryl methyl sites for hydroxylation is 1. The number of rotatable bonds is 5. The van der Waals surface area contributed by atoms with E-state index in [0.29, 0.717) is 6.54 Å². The monoisotopic (exact) mass is 290 g/mol.